The third-order valence-electron chi connectivity index (χ3n) is 4.70. The van der Waals surface area contributed by atoms with E-state index in [2.05, 4.69) is 81.7 Å². The lowest BCUT2D eigenvalue weighted by atomic mass is 9.61. The van der Waals surface area contributed by atoms with Gasteiger partial charge in [-0.1, -0.05) is 45.2 Å². The van der Waals surface area contributed by atoms with Gasteiger partial charge in [-0.05, 0) is 37.2 Å². The van der Waals surface area contributed by atoms with Crippen molar-refractivity contribution in [1.82, 2.24) is 9.71 Å². The van der Waals surface area contributed by atoms with Crippen LogP contribution in [0, 0.1) is 0 Å². The van der Waals surface area contributed by atoms with Crippen LogP contribution in [0.4, 0.5) is 11.5 Å². The van der Waals surface area contributed by atoms with Gasteiger partial charge in [-0.15, -0.1) is 0 Å². The van der Waals surface area contributed by atoms with E-state index in [9.17, 15) is 0 Å². The molecule has 0 bridgehead atoms. The summed E-state index contributed by atoms with van der Waals surface area (Å²) in [5.41, 5.74) is 1.32. The van der Waals surface area contributed by atoms with Gasteiger partial charge >= 0.3 is 14.0 Å². The second kappa shape index (κ2) is 7.32. The van der Waals surface area contributed by atoms with E-state index in [-0.39, 0.29) is 9.84 Å². The molecule has 1 saturated heterocycles. The van der Waals surface area contributed by atoms with E-state index >= 15 is 0 Å². The number of hydrogen-bond acceptors (Lipinski definition) is 3. The number of benzene rings is 1. The maximum absolute atomic E-state index is 3.39. The minimum absolute atomic E-state index is 0.00712. The summed E-state index contributed by atoms with van der Waals surface area (Å²) in [5, 5.41) is 0. The Kier molecular flexibility index (Phi) is 5.18. The van der Waals surface area contributed by atoms with E-state index in [0.717, 1.165) is 6.54 Å². The van der Waals surface area contributed by atoms with E-state index < -0.39 is 0 Å². The van der Waals surface area contributed by atoms with Crippen LogP contribution >= 0.6 is 0 Å². The topological polar surface area (TPSA) is 25.5 Å². The van der Waals surface area contributed by atoms with Crippen molar-refractivity contribution in [2.75, 3.05) is 15.5 Å². The molecule has 1 aromatic carbocycles. The SMILES string of the molecule is CCCCN1B(C)N(c2ccccc2)[SiH]N(c2ccc[nH]2)B1C. The zero-order valence-electron chi connectivity index (χ0n) is 14.3. The number of hydrogen-bond donors (Lipinski definition) is 1. The Morgan fingerprint density at radius 1 is 1.00 bits per heavy atom. The normalized spacial score (nSPS) is 16.3. The Balaban J connectivity index is 1.90. The summed E-state index contributed by atoms with van der Waals surface area (Å²) < 4.78 is 7.72. The van der Waals surface area contributed by atoms with Crippen LogP contribution in [0.25, 0.3) is 0 Å². The molecule has 0 saturated carbocycles. The number of H-pyrrole nitrogens is 1. The van der Waals surface area contributed by atoms with Crippen molar-refractivity contribution in [1.29, 1.82) is 0 Å². The van der Waals surface area contributed by atoms with E-state index in [1.807, 2.05) is 6.20 Å². The highest BCUT2D eigenvalue weighted by Crippen LogP contribution is 2.25. The Labute approximate surface area is 143 Å². The van der Waals surface area contributed by atoms with Gasteiger partial charge in [0.05, 0.1) is 5.82 Å². The fourth-order valence-electron chi connectivity index (χ4n) is 3.30. The summed E-state index contributed by atoms with van der Waals surface area (Å²) in [7, 11) is 0.00712. The van der Waals surface area contributed by atoms with Crippen molar-refractivity contribution in [2.45, 2.75) is 33.4 Å². The number of para-hydroxylation sites is 1. The third-order valence-corrected chi connectivity index (χ3v) is 6.63. The monoisotopic (exact) mass is 323 g/mol. The van der Waals surface area contributed by atoms with Crippen molar-refractivity contribution >= 4 is 35.3 Å². The van der Waals surface area contributed by atoms with E-state index in [1.165, 1.54) is 24.3 Å². The number of nitrogens with zero attached hydrogens (tertiary/aromatic N) is 3. The fraction of sp³-hybridized carbons (Fsp3) is 0.375. The predicted molar refractivity (Wildman–Crippen MR) is 104 cm³/mol. The van der Waals surface area contributed by atoms with E-state index in [0.29, 0.717) is 14.0 Å². The lowest BCUT2D eigenvalue weighted by Gasteiger charge is -2.50. The molecule has 23 heavy (non-hydrogen) atoms. The number of anilines is 2. The van der Waals surface area contributed by atoms with Crippen LogP contribution in [-0.2, 0) is 0 Å². The first-order valence-corrected chi connectivity index (χ1v) is 9.61. The fourth-order valence-corrected chi connectivity index (χ4v) is 4.89. The highest BCUT2D eigenvalue weighted by atomic mass is 28.2. The first kappa shape index (κ1) is 16.3. The van der Waals surface area contributed by atoms with Crippen molar-refractivity contribution in [3.8, 4) is 0 Å². The van der Waals surface area contributed by atoms with Crippen LogP contribution in [0.1, 0.15) is 19.8 Å². The van der Waals surface area contributed by atoms with Gasteiger partial charge in [-0.25, -0.2) is 0 Å². The molecule has 1 aliphatic heterocycles. The molecule has 0 unspecified atom stereocenters. The molecule has 2 heterocycles. The molecular weight excluding hydrogens is 298 g/mol. The minimum atomic E-state index is 0.00712. The Bertz CT molecular complexity index is 595. The number of unbranched alkanes of at least 4 members (excludes halogenated alkanes) is 1. The molecule has 7 heteroatoms. The molecule has 0 aliphatic carbocycles. The summed E-state index contributed by atoms with van der Waals surface area (Å²) in [6.07, 6.45) is 4.49. The largest absolute Gasteiger partial charge is 0.416 e. The van der Waals surface area contributed by atoms with Crippen LogP contribution in [0.3, 0.4) is 0 Å². The second-order valence-electron chi connectivity index (χ2n) is 6.18. The van der Waals surface area contributed by atoms with Gasteiger partial charge < -0.3 is 18.7 Å². The quantitative estimate of drug-likeness (QED) is 0.857. The van der Waals surface area contributed by atoms with Crippen LogP contribution in [-0.4, -0.2) is 40.1 Å². The molecule has 119 valence electrons. The van der Waals surface area contributed by atoms with E-state index in [4.69, 9.17) is 0 Å². The number of aromatic nitrogens is 1. The average molecular weight is 323 g/mol. The van der Waals surface area contributed by atoms with Gasteiger partial charge in [0.15, 0.2) is 0 Å². The molecule has 0 spiro atoms. The van der Waals surface area contributed by atoms with Gasteiger partial charge in [0.1, 0.15) is 0 Å². The standard InChI is InChI=1S/C16H25B2N4Si/c1-4-5-14-20-17(2)21(15-10-7-6-8-11-15)23-22(18(20)3)16-12-9-13-19-16/h6-13,19,23H,4-5,14H2,1-3H3. The summed E-state index contributed by atoms with van der Waals surface area (Å²) in [4.78, 5) is 3.39. The van der Waals surface area contributed by atoms with Gasteiger partial charge in [-0.3, -0.25) is 0 Å². The van der Waals surface area contributed by atoms with Crippen LogP contribution in [0.5, 0.6) is 0 Å². The number of aromatic amines is 1. The summed E-state index contributed by atoms with van der Waals surface area (Å²) >= 11 is 0. The average Bonchev–Trinajstić information content (AvgIpc) is 3.10. The molecule has 0 atom stereocenters. The second-order valence-corrected chi connectivity index (χ2v) is 7.52. The minimum Gasteiger partial charge on any atom is -0.416 e. The van der Waals surface area contributed by atoms with Crippen LogP contribution in [0.2, 0.25) is 13.6 Å². The molecule has 3 rings (SSSR count). The molecule has 1 aromatic heterocycles. The van der Waals surface area contributed by atoms with Gasteiger partial charge in [0.2, 0.25) is 0 Å². The van der Waals surface area contributed by atoms with Crippen molar-refractivity contribution in [2.24, 2.45) is 0 Å². The maximum Gasteiger partial charge on any atom is 0.323 e. The first-order chi connectivity index (χ1) is 11.2. The smallest absolute Gasteiger partial charge is 0.323 e. The lowest BCUT2D eigenvalue weighted by molar-refractivity contribution is 0.590. The molecule has 1 N–H and O–H groups in total. The Hall–Kier alpha value is -1.59. The Morgan fingerprint density at radius 3 is 2.39 bits per heavy atom. The molecule has 0 amide bonds. The lowest BCUT2D eigenvalue weighted by Crippen LogP contribution is -2.72. The number of nitrogens with one attached hydrogen (secondary N) is 1. The van der Waals surface area contributed by atoms with Crippen molar-refractivity contribution in [3.63, 3.8) is 0 Å². The third kappa shape index (κ3) is 3.35. The molecule has 4 nitrogen and oxygen atoms in total. The van der Waals surface area contributed by atoms with Crippen molar-refractivity contribution < 1.29 is 0 Å². The van der Waals surface area contributed by atoms with Gasteiger partial charge in [-0.2, -0.15) is 0 Å². The summed E-state index contributed by atoms with van der Waals surface area (Å²) in [5.74, 6) is 1.22. The van der Waals surface area contributed by atoms with Crippen LogP contribution in [0.15, 0.2) is 48.7 Å². The molecule has 1 fully saturated rings. The van der Waals surface area contributed by atoms with Crippen LogP contribution < -0.4 is 8.95 Å². The molecular formula is C16H25B2N4Si. The number of rotatable bonds is 5. The summed E-state index contributed by atoms with van der Waals surface area (Å²) in [6.45, 7) is 8.94. The zero-order chi connectivity index (χ0) is 16.2. The van der Waals surface area contributed by atoms with Gasteiger partial charge in [0, 0.05) is 11.9 Å². The molecule has 2 aromatic rings. The molecule has 1 aliphatic rings. The predicted octanol–water partition coefficient (Wildman–Crippen LogP) is 2.95. The van der Waals surface area contributed by atoms with E-state index in [1.54, 1.807) is 0 Å². The van der Waals surface area contributed by atoms with Crippen molar-refractivity contribution in [3.05, 3.63) is 48.7 Å². The first-order valence-electron chi connectivity index (χ1n) is 8.58. The highest BCUT2D eigenvalue weighted by Gasteiger charge is 2.41. The molecule has 1 radical (unpaired) electrons. The summed E-state index contributed by atoms with van der Waals surface area (Å²) in [6, 6.07) is 15.1. The highest BCUT2D eigenvalue weighted by molar-refractivity contribution is 6.92. The zero-order valence-corrected chi connectivity index (χ0v) is 15.5. The van der Waals surface area contributed by atoms with Gasteiger partial charge in [0.25, 0.3) is 9.84 Å². The maximum atomic E-state index is 3.39. The Morgan fingerprint density at radius 2 is 1.74 bits per heavy atom.